The number of piperidine rings is 1. The van der Waals surface area contributed by atoms with Crippen LogP contribution in [-0.2, 0) is 0 Å². The fourth-order valence-electron chi connectivity index (χ4n) is 3.36. The molecule has 12 heteroatoms. The van der Waals surface area contributed by atoms with Gasteiger partial charge in [0.15, 0.2) is 0 Å². The van der Waals surface area contributed by atoms with Crippen molar-refractivity contribution in [3.05, 3.63) is 72.2 Å². The number of carbonyl (C=O) groups excluding carboxylic acids is 1. The van der Waals surface area contributed by atoms with Crippen molar-refractivity contribution in [3.63, 3.8) is 0 Å². The number of non-ortho nitro benzene ring substituents is 2. The molecular weight excluding hydrogens is 463 g/mol. The average Bonchev–Trinajstić information content (AvgIpc) is 2.77. The largest absolute Gasteiger partial charge is 0.490 e. The molecule has 1 amide bonds. The van der Waals surface area contributed by atoms with Gasteiger partial charge in [0.25, 0.3) is 17.3 Å². The summed E-state index contributed by atoms with van der Waals surface area (Å²) in [4.78, 5) is 34.9. The number of nitrogens with zero attached hydrogens (tertiary/aromatic N) is 3. The van der Waals surface area contributed by atoms with Gasteiger partial charge in [-0.05, 0) is 25.0 Å². The van der Waals surface area contributed by atoms with Crippen molar-refractivity contribution < 1.29 is 19.4 Å². The molecule has 0 spiro atoms. The van der Waals surface area contributed by atoms with Gasteiger partial charge in [-0.2, -0.15) is 0 Å². The van der Waals surface area contributed by atoms with E-state index in [1.54, 1.807) is 18.2 Å². The number of amides is 1. The van der Waals surface area contributed by atoms with Gasteiger partial charge in [0, 0.05) is 44.4 Å². The van der Waals surface area contributed by atoms with E-state index in [0.29, 0.717) is 28.9 Å². The van der Waals surface area contributed by atoms with Crippen LogP contribution in [0.3, 0.4) is 0 Å². The monoisotopic (exact) mass is 482 g/mol. The SMILES string of the molecule is O=C(NCCN1CCC(Oc2ccc(Cl)c(Cl)c2)CC1)c1cc([N+](=O)[O-])cc([N+](=O)[O-])c1. The second kappa shape index (κ2) is 10.6. The zero-order chi connectivity index (χ0) is 23.3. The molecule has 0 unspecified atom stereocenters. The number of nitro groups is 2. The summed E-state index contributed by atoms with van der Waals surface area (Å²) in [6.45, 7) is 2.41. The highest BCUT2D eigenvalue weighted by Crippen LogP contribution is 2.28. The van der Waals surface area contributed by atoms with Gasteiger partial charge >= 0.3 is 0 Å². The van der Waals surface area contributed by atoms with Crippen molar-refractivity contribution in [1.29, 1.82) is 0 Å². The normalized spacial score (nSPS) is 14.7. The van der Waals surface area contributed by atoms with E-state index in [1.165, 1.54) is 0 Å². The highest BCUT2D eigenvalue weighted by molar-refractivity contribution is 6.42. The minimum Gasteiger partial charge on any atom is -0.490 e. The number of halogens is 2. The van der Waals surface area contributed by atoms with Crippen molar-refractivity contribution in [3.8, 4) is 5.75 Å². The molecule has 0 atom stereocenters. The number of nitro benzene ring substituents is 2. The van der Waals surface area contributed by atoms with E-state index in [-0.39, 0.29) is 11.7 Å². The lowest BCUT2D eigenvalue weighted by Gasteiger charge is -2.32. The number of hydrogen-bond acceptors (Lipinski definition) is 7. The van der Waals surface area contributed by atoms with Crippen molar-refractivity contribution in [1.82, 2.24) is 10.2 Å². The Balaban J connectivity index is 1.46. The van der Waals surface area contributed by atoms with Crippen LogP contribution < -0.4 is 10.1 Å². The molecule has 1 aliphatic heterocycles. The maximum atomic E-state index is 12.3. The van der Waals surface area contributed by atoms with Gasteiger partial charge in [-0.1, -0.05) is 23.2 Å². The first-order valence-electron chi connectivity index (χ1n) is 9.79. The molecule has 3 rings (SSSR count). The number of ether oxygens (including phenoxy) is 1. The summed E-state index contributed by atoms with van der Waals surface area (Å²) in [6, 6.07) is 8.01. The van der Waals surface area contributed by atoms with Crippen LogP contribution in [0.15, 0.2) is 36.4 Å². The molecule has 0 radical (unpaired) electrons. The summed E-state index contributed by atoms with van der Waals surface area (Å²) in [6.07, 6.45) is 1.64. The first-order valence-corrected chi connectivity index (χ1v) is 10.5. The Morgan fingerprint density at radius 3 is 2.22 bits per heavy atom. The zero-order valence-electron chi connectivity index (χ0n) is 16.8. The van der Waals surface area contributed by atoms with E-state index in [9.17, 15) is 25.0 Å². The summed E-state index contributed by atoms with van der Waals surface area (Å²) in [5.41, 5.74) is -1.14. The summed E-state index contributed by atoms with van der Waals surface area (Å²) in [5.74, 6) is 0.0609. The van der Waals surface area contributed by atoms with Crippen LogP contribution in [0.2, 0.25) is 10.0 Å². The second-order valence-electron chi connectivity index (χ2n) is 7.24. The smallest absolute Gasteiger partial charge is 0.277 e. The first kappa shape index (κ1) is 23.7. The van der Waals surface area contributed by atoms with Crippen molar-refractivity contribution >= 4 is 40.5 Å². The molecule has 1 N–H and O–H groups in total. The third-order valence-electron chi connectivity index (χ3n) is 5.03. The molecule has 2 aromatic rings. The summed E-state index contributed by atoms with van der Waals surface area (Å²) in [7, 11) is 0. The fraction of sp³-hybridized carbons (Fsp3) is 0.350. The molecule has 0 aromatic heterocycles. The Kier molecular flexibility index (Phi) is 7.84. The standard InChI is InChI=1S/C20H20Cl2N4O6/c21-18-2-1-17(12-19(18)22)32-16-3-6-24(7-4-16)8-5-23-20(27)13-9-14(25(28)29)11-15(10-13)26(30)31/h1-2,9-12,16H,3-8H2,(H,23,27). The molecule has 1 heterocycles. The molecule has 1 aliphatic rings. The number of nitrogens with one attached hydrogen (secondary N) is 1. The number of benzene rings is 2. The van der Waals surface area contributed by atoms with Crippen LogP contribution >= 0.6 is 23.2 Å². The number of likely N-dealkylation sites (tertiary alicyclic amines) is 1. The van der Waals surface area contributed by atoms with Gasteiger partial charge in [0.05, 0.1) is 31.5 Å². The second-order valence-corrected chi connectivity index (χ2v) is 8.06. The van der Waals surface area contributed by atoms with E-state index >= 15 is 0 Å². The Hall–Kier alpha value is -2.95. The highest BCUT2D eigenvalue weighted by Gasteiger charge is 2.22. The van der Waals surface area contributed by atoms with Crippen molar-refractivity contribution in [2.45, 2.75) is 18.9 Å². The predicted molar refractivity (Wildman–Crippen MR) is 119 cm³/mol. The molecule has 0 saturated carbocycles. The number of hydrogen-bond donors (Lipinski definition) is 1. The van der Waals surface area contributed by atoms with E-state index in [1.807, 2.05) is 0 Å². The summed E-state index contributed by atoms with van der Waals surface area (Å²) >= 11 is 11.9. The summed E-state index contributed by atoms with van der Waals surface area (Å²) in [5, 5.41) is 25.5. The lowest BCUT2D eigenvalue weighted by molar-refractivity contribution is -0.394. The van der Waals surface area contributed by atoms with Gasteiger partial charge in [-0.25, -0.2) is 0 Å². The van der Waals surface area contributed by atoms with E-state index < -0.39 is 27.1 Å². The van der Waals surface area contributed by atoms with Gasteiger partial charge in [-0.15, -0.1) is 0 Å². The number of rotatable bonds is 8. The average molecular weight is 483 g/mol. The fourth-order valence-corrected chi connectivity index (χ4v) is 3.65. The Morgan fingerprint density at radius 1 is 1.03 bits per heavy atom. The highest BCUT2D eigenvalue weighted by atomic mass is 35.5. The first-order chi connectivity index (χ1) is 15.2. The number of carbonyl (C=O) groups is 1. The van der Waals surface area contributed by atoms with Crippen LogP contribution in [0, 0.1) is 20.2 Å². The third-order valence-corrected chi connectivity index (χ3v) is 5.77. The Morgan fingerprint density at radius 2 is 1.66 bits per heavy atom. The van der Waals surface area contributed by atoms with E-state index in [2.05, 4.69) is 10.2 Å². The molecule has 170 valence electrons. The van der Waals surface area contributed by atoms with Gasteiger partial charge < -0.3 is 15.0 Å². The summed E-state index contributed by atoms with van der Waals surface area (Å²) < 4.78 is 5.95. The minimum atomic E-state index is -0.770. The lowest BCUT2D eigenvalue weighted by atomic mass is 10.1. The predicted octanol–water partition coefficient (Wildman–Crippen LogP) is 4.08. The minimum absolute atomic E-state index is 0.0449. The van der Waals surface area contributed by atoms with Crippen LogP contribution in [0.1, 0.15) is 23.2 Å². The maximum Gasteiger partial charge on any atom is 0.277 e. The molecular formula is C20H20Cl2N4O6. The lowest BCUT2D eigenvalue weighted by Crippen LogP contribution is -2.42. The van der Waals surface area contributed by atoms with Gasteiger partial charge in [-0.3, -0.25) is 25.0 Å². The third kappa shape index (κ3) is 6.28. The maximum absolute atomic E-state index is 12.3. The van der Waals surface area contributed by atoms with Crippen LogP contribution in [0.25, 0.3) is 0 Å². The van der Waals surface area contributed by atoms with Crippen LogP contribution in [0.5, 0.6) is 5.75 Å². The zero-order valence-corrected chi connectivity index (χ0v) is 18.3. The molecule has 1 fully saturated rings. The van der Waals surface area contributed by atoms with E-state index in [0.717, 1.165) is 44.1 Å². The topological polar surface area (TPSA) is 128 Å². The van der Waals surface area contributed by atoms with Gasteiger partial charge in [0.2, 0.25) is 0 Å². The van der Waals surface area contributed by atoms with Crippen LogP contribution in [-0.4, -0.2) is 52.9 Å². The molecule has 10 nitrogen and oxygen atoms in total. The molecule has 0 bridgehead atoms. The van der Waals surface area contributed by atoms with E-state index in [4.69, 9.17) is 27.9 Å². The van der Waals surface area contributed by atoms with Gasteiger partial charge in [0.1, 0.15) is 11.9 Å². The molecule has 1 saturated heterocycles. The quantitative estimate of drug-likeness (QED) is 0.443. The van der Waals surface area contributed by atoms with Crippen LogP contribution in [0.4, 0.5) is 11.4 Å². The Bertz CT molecular complexity index is 995. The molecule has 0 aliphatic carbocycles. The Labute approximate surface area is 193 Å². The molecule has 32 heavy (non-hydrogen) atoms. The molecule has 2 aromatic carbocycles. The van der Waals surface area contributed by atoms with Crippen molar-refractivity contribution in [2.75, 3.05) is 26.2 Å². The van der Waals surface area contributed by atoms with Crippen molar-refractivity contribution in [2.24, 2.45) is 0 Å².